The summed E-state index contributed by atoms with van der Waals surface area (Å²) in [7, 11) is 0. The van der Waals surface area contributed by atoms with E-state index in [2.05, 4.69) is 34.7 Å². The SMILES string of the molecule is CC1(C)CCCNC1C(=O)Nc1ccc(Cl)nn1. The van der Waals surface area contributed by atoms with Gasteiger partial charge in [-0.3, -0.25) is 4.79 Å². The van der Waals surface area contributed by atoms with Gasteiger partial charge in [0.15, 0.2) is 11.0 Å². The quantitative estimate of drug-likeness (QED) is 0.859. The van der Waals surface area contributed by atoms with Crippen molar-refractivity contribution in [1.29, 1.82) is 0 Å². The summed E-state index contributed by atoms with van der Waals surface area (Å²) in [6, 6.07) is 3.04. The maximum Gasteiger partial charge on any atom is 0.243 e. The summed E-state index contributed by atoms with van der Waals surface area (Å²) in [5.74, 6) is 0.351. The van der Waals surface area contributed by atoms with Crippen molar-refractivity contribution < 1.29 is 4.79 Å². The number of carbonyl (C=O) groups excluding carboxylic acids is 1. The fraction of sp³-hybridized carbons (Fsp3) is 0.583. The molecule has 1 atom stereocenters. The van der Waals surface area contributed by atoms with Crippen LogP contribution < -0.4 is 10.6 Å². The molecule has 1 amide bonds. The van der Waals surface area contributed by atoms with Crippen molar-refractivity contribution >= 4 is 23.3 Å². The topological polar surface area (TPSA) is 66.9 Å². The molecule has 0 aromatic carbocycles. The molecule has 1 fully saturated rings. The van der Waals surface area contributed by atoms with E-state index in [9.17, 15) is 4.79 Å². The lowest BCUT2D eigenvalue weighted by atomic mass is 9.77. The molecule has 2 N–H and O–H groups in total. The molecular weight excluding hydrogens is 252 g/mol. The van der Waals surface area contributed by atoms with Crippen LogP contribution in [0, 0.1) is 5.41 Å². The Kier molecular flexibility index (Phi) is 3.82. The maximum atomic E-state index is 12.2. The van der Waals surface area contributed by atoms with E-state index in [4.69, 9.17) is 11.6 Å². The van der Waals surface area contributed by atoms with E-state index in [0.29, 0.717) is 11.0 Å². The van der Waals surface area contributed by atoms with Gasteiger partial charge >= 0.3 is 0 Å². The first-order chi connectivity index (χ1) is 8.49. The van der Waals surface area contributed by atoms with Gasteiger partial charge in [-0.15, -0.1) is 10.2 Å². The number of rotatable bonds is 2. The third-order valence-corrected chi connectivity index (χ3v) is 3.47. The number of piperidine rings is 1. The highest BCUT2D eigenvalue weighted by atomic mass is 35.5. The third kappa shape index (κ3) is 2.97. The van der Waals surface area contributed by atoms with Crippen molar-refractivity contribution in [2.45, 2.75) is 32.7 Å². The molecule has 0 radical (unpaired) electrons. The highest BCUT2D eigenvalue weighted by molar-refractivity contribution is 6.29. The summed E-state index contributed by atoms with van der Waals surface area (Å²) in [5, 5.41) is 13.8. The van der Waals surface area contributed by atoms with Crippen molar-refractivity contribution in [2.75, 3.05) is 11.9 Å². The van der Waals surface area contributed by atoms with Gasteiger partial charge in [0.1, 0.15) is 0 Å². The highest BCUT2D eigenvalue weighted by Crippen LogP contribution is 2.30. The number of hydrogen-bond donors (Lipinski definition) is 2. The van der Waals surface area contributed by atoms with E-state index in [1.54, 1.807) is 12.1 Å². The van der Waals surface area contributed by atoms with Crippen molar-refractivity contribution in [3.8, 4) is 0 Å². The van der Waals surface area contributed by atoms with Gasteiger partial charge in [0.25, 0.3) is 0 Å². The number of anilines is 1. The highest BCUT2D eigenvalue weighted by Gasteiger charge is 2.37. The van der Waals surface area contributed by atoms with E-state index in [0.717, 1.165) is 19.4 Å². The number of aromatic nitrogens is 2. The van der Waals surface area contributed by atoms with Crippen molar-refractivity contribution in [3.05, 3.63) is 17.3 Å². The summed E-state index contributed by atoms with van der Waals surface area (Å²) in [6.07, 6.45) is 2.13. The predicted molar refractivity (Wildman–Crippen MR) is 70.5 cm³/mol. The fourth-order valence-electron chi connectivity index (χ4n) is 2.24. The monoisotopic (exact) mass is 268 g/mol. The molecule has 18 heavy (non-hydrogen) atoms. The Hall–Kier alpha value is -1.20. The van der Waals surface area contributed by atoms with E-state index in [-0.39, 0.29) is 17.4 Å². The molecule has 0 bridgehead atoms. The normalized spacial score (nSPS) is 22.5. The predicted octanol–water partition coefficient (Wildman–Crippen LogP) is 1.85. The van der Waals surface area contributed by atoms with Gasteiger partial charge < -0.3 is 10.6 Å². The van der Waals surface area contributed by atoms with Crippen LogP contribution >= 0.6 is 11.6 Å². The molecule has 0 aliphatic carbocycles. The third-order valence-electron chi connectivity index (χ3n) is 3.27. The lowest BCUT2D eigenvalue weighted by molar-refractivity contribution is -0.121. The average molecular weight is 269 g/mol. The smallest absolute Gasteiger partial charge is 0.243 e. The summed E-state index contributed by atoms with van der Waals surface area (Å²) < 4.78 is 0. The van der Waals surface area contributed by atoms with Crippen LogP contribution in [-0.4, -0.2) is 28.7 Å². The fourth-order valence-corrected chi connectivity index (χ4v) is 2.34. The number of halogens is 1. The van der Waals surface area contributed by atoms with Gasteiger partial charge in [0.05, 0.1) is 6.04 Å². The maximum absolute atomic E-state index is 12.2. The number of nitrogens with one attached hydrogen (secondary N) is 2. The zero-order chi connectivity index (χ0) is 13.2. The second-order valence-corrected chi connectivity index (χ2v) is 5.60. The number of carbonyl (C=O) groups is 1. The van der Waals surface area contributed by atoms with Crippen LogP contribution in [0.3, 0.4) is 0 Å². The second kappa shape index (κ2) is 5.20. The lowest BCUT2D eigenvalue weighted by Gasteiger charge is -2.38. The van der Waals surface area contributed by atoms with Gasteiger partial charge in [0, 0.05) is 0 Å². The first-order valence-corrected chi connectivity index (χ1v) is 6.40. The Balaban J connectivity index is 2.05. The zero-order valence-electron chi connectivity index (χ0n) is 10.5. The molecule has 1 aromatic heterocycles. The molecule has 0 saturated carbocycles. The zero-order valence-corrected chi connectivity index (χ0v) is 11.3. The Bertz CT molecular complexity index is 432. The molecule has 1 unspecified atom stereocenters. The van der Waals surface area contributed by atoms with Gasteiger partial charge in [-0.25, -0.2) is 0 Å². The Morgan fingerprint density at radius 2 is 2.28 bits per heavy atom. The van der Waals surface area contributed by atoms with E-state index < -0.39 is 0 Å². The molecule has 98 valence electrons. The van der Waals surface area contributed by atoms with E-state index in [1.165, 1.54) is 0 Å². The molecule has 2 rings (SSSR count). The van der Waals surface area contributed by atoms with Crippen molar-refractivity contribution in [2.24, 2.45) is 5.41 Å². The van der Waals surface area contributed by atoms with E-state index >= 15 is 0 Å². The minimum Gasteiger partial charge on any atom is -0.308 e. The largest absolute Gasteiger partial charge is 0.308 e. The molecule has 6 heteroatoms. The van der Waals surface area contributed by atoms with Crippen molar-refractivity contribution in [3.63, 3.8) is 0 Å². The molecule has 1 saturated heterocycles. The Morgan fingerprint density at radius 1 is 1.50 bits per heavy atom. The first kappa shape index (κ1) is 13.2. The minimum absolute atomic E-state index is 0.0534. The van der Waals surface area contributed by atoms with Crippen LogP contribution in [0.1, 0.15) is 26.7 Å². The van der Waals surface area contributed by atoms with Crippen LogP contribution in [0.15, 0.2) is 12.1 Å². The number of hydrogen-bond acceptors (Lipinski definition) is 4. The lowest BCUT2D eigenvalue weighted by Crippen LogP contribution is -2.53. The van der Waals surface area contributed by atoms with Crippen LogP contribution in [0.2, 0.25) is 5.15 Å². The molecular formula is C12H17ClN4O. The summed E-state index contributed by atoms with van der Waals surface area (Å²) in [4.78, 5) is 12.2. The standard InChI is InChI=1S/C12H17ClN4O/c1-12(2)6-3-7-14-10(12)11(18)15-9-5-4-8(13)16-17-9/h4-5,10,14H,3,6-7H2,1-2H3,(H,15,17,18). The summed E-state index contributed by atoms with van der Waals surface area (Å²) in [6.45, 7) is 5.06. The molecule has 1 aliphatic rings. The van der Waals surface area contributed by atoms with Crippen molar-refractivity contribution in [1.82, 2.24) is 15.5 Å². The van der Waals surface area contributed by atoms with Gasteiger partial charge in [0.2, 0.25) is 5.91 Å². The molecule has 1 aliphatic heterocycles. The van der Waals surface area contributed by atoms with Gasteiger partial charge in [-0.2, -0.15) is 0 Å². The molecule has 0 spiro atoms. The van der Waals surface area contributed by atoms with Gasteiger partial charge in [-0.1, -0.05) is 25.4 Å². The second-order valence-electron chi connectivity index (χ2n) is 5.21. The van der Waals surface area contributed by atoms with E-state index in [1.807, 2.05) is 0 Å². The summed E-state index contributed by atoms with van der Waals surface area (Å²) >= 11 is 5.64. The van der Waals surface area contributed by atoms with Crippen LogP contribution in [0.5, 0.6) is 0 Å². The average Bonchev–Trinajstić information content (AvgIpc) is 2.31. The number of nitrogens with zero attached hydrogens (tertiary/aromatic N) is 2. The molecule has 5 nitrogen and oxygen atoms in total. The molecule has 2 heterocycles. The first-order valence-electron chi connectivity index (χ1n) is 6.02. The van der Waals surface area contributed by atoms with Crippen LogP contribution in [0.25, 0.3) is 0 Å². The minimum atomic E-state index is -0.205. The number of amides is 1. The Labute approximate surface area is 111 Å². The summed E-state index contributed by atoms with van der Waals surface area (Å²) in [5.41, 5.74) is -0.0534. The molecule has 1 aromatic rings. The van der Waals surface area contributed by atoms with Gasteiger partial charge in [-0.05, 0) is 36.9 Å². The van der Waals surface area contributed by atoms with Crippen LogP contribution in [0.4, 0.5) is 5.82 Å². The van der Waals surface area contributed by atoms with Crippen LogP contribution in [-0.2, 0) is 4.79 Å². The Morgan fingerprint density at radius 3 is 2.89 bits per heavy atom.